The zero-order chi connectivity index (χ0) is 17.6. The van der Waals surface area contributed by atoms with E-state index in [-0.39, 0.29) is 11.9 Å². The van der Waals surface area contributed by atoms with Gasteiger partial charge in [-0.3, -0.25) is 9.78 Å². The predicted molar refractivity (Wildman–Crippen MR) is 101 cm³/mol. The normalized spacial score (nSPS) is 16.1. The molecule has 1 saturated heterocycles. The molecule has 6 heteroatoms. The molecule has 134 valence electrons. The lowest BCUT2D eigenvalue weighted by molar-refractivity contribution is 0.0537. The summed E-state index contributed by atoms with van der Waals surface area (Å²) in [6, 6.07) is 7.89. The smallest absolute Gasteiger partial charge is 0.290 e. The Balaban J connectivity index is 1.80. The number of carbonyl (C=O) groups excluding carboxylic acids is 1. The third-order valence-electron chi connectivity index (χ3n) is 4.65. The van der Waals surface area contributed by atoms with Crippen LogP contribution in [0.5, 0.6) is 0 Å². The SMILES string of the molecule is CSCc1ccc(C(=O)N(Cc2ccncc2)C2CCN(C)CC2)o1. The van der Waals surface area contributed by atoms with Crippen molar-refractivity contribution in [2.45, 2.75) is 31.2 Å². The molecule has 0 aromatic carbocycles. The second-order valence-corrected chi connectivity index (χ2v) is 7.39. The summed E-state index contributed by atoms with van der Waals surface area (Å²) in [5.41, 5.74) is 1.10. The summed E-state index contributed by atoms with van der Waals surface area (Å²) in [6.07, 6.45) is 7.56. The first-order valence-electron chi connectivity index (χ1n) is 8.63. The molecular formula is C19H25N3O2S. The molecule has 25 heavy (non-hydrogen) atoms. The molecule has 0 spiro atoms. The van der Waals surface area contributed by atoms with Crippen molar-refractivity contribution in [2.75, 3.05) is 26.4 Å². The lowest BCUT2D eigenvalue weighted by atomic mass is 10.0. The van der Waals surface area contributed by atoms with E-state index in [0.717, 1.165) is 43.0 Å². The maximum absolute atomic E-state index is 13.1. The van der Waals surface area contributed by atoms with Crippen LogP contribution in [-0.2, 0) is 12.3 Å². The number of hydrogen-bond acceptors (Lipinski definition) is 5. The van der Waals surface area contributed by atoms with Gasteiger partial charge in [0, 0.05) is 25.0 Å². The van der Waals surface area contributed by atoms with Crippen molar-refractivity contribution in [1.82, 2.24) is 14.8 Å². The predicted octanol–water partition coefficient (Wildman–Crippen LogP) is 3.27. The van der Waals surface area contributed by atoms with Crippen LogP contribution in [0.15, 0.2) is 41.1 Å². The summed E-state index contributed by atoms with van der Waals surface area (Å²) in [4.78, 5) is 21.5. The fraction of sp³-hybridized carbons (Fsp3) is 0.474. The molecule has 2 aromatic rings. The highest BCUT2D eigenvalue weighted by atomic mass is 32.2. The Labute approximate surface area is 153 Å². The minimum absolute atomic E-state index is 0.0151. The summed E-state index contributed by atoms with van der Waals surface area (Å²) < 4.78 is 5.78. The number of carbonyl (C=O) groups is 1. The van der Waals surface area contributed by atoms with Crippen molar-refractivity contribution in [3.63, 3.8) is 0 Å². The van der Waals surface area contributed by atoms with E-state index in [9.17, 15) is 4.79 Å². The largest absolute Gasteiger partial charge is 0.455 e. The van der Waals surface area contributed by atoms with Gasteiger partial charge >= 0.3 is 0 Å². The molecule has 1 fully saturated rings. The molecule has 0 radical (unpaired) electrons. The van der Waals surface area contributed by atoms with Crippen LogP contribution in [0.25, 0.3) is 0 Å². The molecule has 3 rings (SSSR count). The number of pyridine rings is 1. The zero-order valence-corrected chi connectivity index (χ0v) is 15.7. The van der Waals surface area contributed by atoms with E-state index in [1.54, 1.807) is 24.2 Å². The Morgan fingerprint density at radius 3 is 2.68 bits per heavy atom. The molecule has 0 saturated carbocycles. The molecule has 2 aromatic heterocycles. The first-order chi connectivity index (χ1) is 12.2. The van der Waals surface area contributed by atoms with Gasteiger partial charge in [-0.25, -0.2) is 0 Å². The Hall–Kier alpha value is -1.79. The number of likely N-dealkylation sites (tertiary alicyclic amines) is 1. The summed E-state index contributed by atoms with van der Waals surface area (Å²) in [6.45, 7) is 2.62. The van der Waals surface area contributed by atoms with Gasteiger partial charge in [0.25, 0.3) is 5.91 Å². The van der Waals surface area contributed by atoms with E-state index in [2.05, 4.69) is 16.9 Å². The highest BCUT2D eigenvalue weighted by molar-refractivity contribution is 7.97. The molecule has 1 amide bonds. The lowest BCUT2D eigenvalue weighted by Gasteiger charge is -2.37. The van der Waals surface area contributed by atoms with Gasteiger partial charge in [-0.2, -0.15) is 11.8 Å². The molecule has 0 unspecified atom stereocenters. The van der Waals surface area contributed by atoms with Gasteiger partial charge < -0.3 is 14.2 Å². The van der Waals surface area contributed by atoms with E-state index in [1.165, 1.54) is 0 Å². The number of amides is 1. The molecule has 1 aliphatic rings. The van der Waals surface area contributed by atoms with Gasteiger partial charge in [0.15, 0.2) is 5.76 Å². The first kappa shape index (κ1) is 18.0. The van der Waals surface area contributed by atoms with Gasteiger partial charge in [0.05, 0.1) is 5.75 Å². The Morgan fingerprint density at radius 1 is 1.28 bits per heavy atom. The monoisotopic (exact) mass is 359 g/mol. The molecule has 5 nitrogen and oxygen atoms in total. The van der Waals surface area contributed by atoms with E-state index in [1.807, 2.05) is 35.4 Å². The highest BCUT2D eigenvalue weighted by Crippen LogP contribution is 2.22. The van der Waals surface area contributed by atoms with Gasteiger partial charge in [-0.05, 0) is 69.1 Å². The number of piperidine rings is 1. The van der Waals surface area contributed by atoms with Crippen molar-refractivity contribution >= 4 is 17.7 Å². The molecule has 1 aliphatic heterocycles. The maximum Gasteiger partial charge on any atom is 0.290 e. The Kier molecular flexibility index (Phi) is 6.15. The number of rotatable bonds is 6. The van der Waals surface area contributed by atoms with Crippen molar-refractivity contribution in [1.29, 1.82) is 0 Å². The second kappa shape index (κ2) is 8.54. The van der Waals surface area contributed by atoms with E-state index in [4.69, 9.17) is 4.42 Å². The number of thioether (sulfide) groups is 1. The third kappa shape index (κ3) is 4.64. The summed E-state index contributed by atoms with van der Waals surface area (Å²) >= 11 is 1.69. The van der Waals surface area contributed by atoms with Crippen LogP contribution in [0.4, 0.5) is 0 Å². The van der Waals surface area contributed by atoms with E-state index >= 15 is 0 Å². The minimum atomic E-state index is -0.0151. The quantitative estimate of drug-likeness (QED) is 0.792. The standard InChI is InChI=1S/C19H25N3O2S/c1-21-11-7-16(8-12-21)22(13-15-5-9-20-10-6-15)19(23)18-4-3-17(24-18)14-25-2/h3-6,9-10,16H,7-8,11-14H2,1-2H3. The Bertz CT molecular complexity index is 681. The number of hydrogen-bond donors (Lipinski definition) is 0. The average Bonchev–Trinajstić information content (AvgIpc) is 3.10. The summed E-state index contributed by atoms with van der Waals surface area (Å²) in [7, 11) is 2.13. The number of nitrogens with zero attached hydrogens (tertiary/aromatic N) is 3. The minimum Gasteiger partial charge on any atom is -0.455 e. The maximum atomic E-state index is 13.1. The van der Waals surface area contributed by atoms with Crippen LogP contribution in [-0.4, -0.2) is 53.1 Å². The fourth-order valence-corrected chi connectivity index (χ4v) is 3.65. The van der Waals surface area contributed by atoms with Crippen LogP contribution in [0.1, 0.15) is 34.7 Å². The summed E-state index contributed by atoms with van der Waals surface area (Å²) in [5.74, 6) is 2.06. The van der Waals surface area contributed by atoms with Gasteiger partial charge in [-0.1, -0.05) is 0 Å². The third-order valence-corrected chi connectivity index (χ3v) is 5.22. The van der Waals surface area contributed by atoms with E-state index < -0.39 is 0 Å². The van der Waals surface area contributed by atoms with Gasteiger partial charge in [0.2, 0.25) is 0 Å². The fourth-order valence-electron chi connectivity index (χ4n) is 3.21. The van der Waals surface area contributed by atoms with Crippen LogP contribution < -0.4 is 0 Å². The van der Waals surface area contributed by atoms with Crippen molar-refractivity contribution in [3.8, 4) is 0 Å². The summed E-state index contributed by atoms with van der Waals surface area (Å²) in [5, 5.41) is 0. The van der Waals surface area contributed by atoms with E-state index in [0.29, 0.717) is 12.3 Å². The molecule has 3 heterocycles. The second-order valence-electron chi connectivity index (χ2n) is 6.52. The van der Waals surface area contributed by atoms with Crippen LogP contribution in [0, 0.1) is 0 Å². The van der Waals surface area contributed by atoms with Crippen LogP contribution >= 0.6 is 11.8 Å². The van der Waals surface area contributed by atoms with Gasteiger partial charge in [-0.15, -0.1) is 0 Å². The molecular weight excluding hydrogens is 334 g/mol. The first-order valence-corrected chi connectivity index (χ1v) is 10.0. The topological polar surface area (TPSA) is 49.6 Å². The van der Waals surface area contributed by atoms with Crippen molar-refractivity contribution in [2.24, 2.45) is 0 Å². The molecule has 0 aliphatic carbocycles. The zero-order valence-electron chi connectivity index (χ0n) is 14.9. The lowest BCUT2D eigenvalue weighted by Crippen LogP contribution is -2.46. The highest BCUT2D eigenvalue weighted by Gasteiger charge is 2.29. The number of furan rings is 1. The van der Waals surface area contributed by atoms with Crippen LogP contribution in [0.3, 0.4) is 0 Å². The van der Waals surface area contributed by atoms with Crippen molar-refractivity contribution < 1.29 is 9.21 Å². The van der Waals surface area contributed by atoms with Gasteiger partial charge in [0.1, 0.15) is 5.76 Å². The van der Waals surface area contributed by atoms with Crippen LogP contribution in [0.2, 0.25) is 0 Å². The Morgan fingerprint density at radius 2 is 2.00 bits per heavy atom. The number of aromatic nitrogens is 1. The molecule has 0 atom stereocenters. The average molecular weight is 359 g/mol. The van der Waals surface area contributed by atoms with Crippen molar-refractivity contribution in [3.05, 3.63) is 53.7 Å². The molecule has 0 bridgehead atoms. The molecule has 0 N–H and O–H groups in total.